The van der Waals surface area contributed by atoms with E-state index in [1.807, 2.05) is 0 Å². The van der Waals surface area contributed by atoms with Crippen molar-refractivity contribution in [3.8, 4) is 0 Å². The van der Waals surface area contributed by atoms with Gasteiger partial charge in [-0.25, -0.2) is 0 Å². The van der Waals surface area contributed by atoms with E-state index in [0.29, 0.717) is 5.58 Å². The first kappa shape index (κ1) is 4.49. The zero-order chi connectivity index (χ0) is 6.10. The van der Waals surface area contributed by atoms with Crippen LogP contribution in [0.4, 0.5) is 0 Å². The smallest absolute Gasteiger partial charge is 0.193 e. The number of aromatic nitrogens is 2. The molecule has 0 saturated heterocycles. The van der Waals surface area contributed by atoms with E-state index in [0.717, 1.165) is 5.52 Å². The lowest BCUT2D eigenvalue weighted by Gasteiger charge is -1.77. The van der Waals surface area contributed by atoms with Crippen LogP contribution in [0.1, 0.15) is 0 Å². The summed E-state index contributed by atoms with van der Waals surface area (Å²) in [4.78, 5) is 3.95. The van der Waals surface area contributed by atoms with Crippen molar-refractivity contribution in [2.24, 2.45) is 0 Å². The van der Waals surface area contributed by atoms with Gasteiger partial charge in [-0.3, -0.25) is 4.98 Å². The predicted octanol–water partition coefficient (Wildman–Crippen LogP) is 1.02. The van der Waals surface area contributed by atoms with Gasteiger partial charge in [-0.15, -0.1) is 0 Å². The third-order valence-corrected chi connectivity index (χ3v) is 1.05. The third-order valence-electron chi connectivity index (χ3n) is 1.05. The lowest BCUT2D eigenvalue weighted by Crippen LogP contribution is -1.67. The first-order valence-corrected chi connectivity index (χ1v) is 2.54. The Hall–Kier alpha value is -1.38. The summed E-state index contributed by atoms with van der Waals surface area (Å²) in [5, 5.41) is 3.53. The van der Waals surface area contributed by atoms with Gasteiger partial charge in [0, 0.05) is 12.3 Å². The molecule has 3 heteroatoms. The lowest BCUT2D eigenvalue weighted by atomic mass is 10.4. The summed E-state index contributed by atoms with van der Waals surface area (Å²) in [5.74, 6) is 0. The van der Waals surface area contributed by atoms with Gasteiger partial charge in [-0.1, -0.05) is 5.16 Å². The van der Waals surface area contributed by atoms with Crippen LogP contribution >= 0.6 is 0 Å². The zero-order valence-corrected chi connectivity index (χ0v) is 4.53. The Morgan fingerprint density at radius 2 is 2.56 bits per heavy atom. The molecule has 0 aromatic carbocycles. The van der Waals surface area contributed by atoms with E-state index < -0.39 is 0 Å². The molecule has 9 heavy (non-hydrogen) atoms. The maximum Gasteiger partial charge on any atom is 0.193 e. The highest BCUT2D eigenvalue weighted by molar-refractivity contribution is 5.69. The summed E-state index contributed by atoms with van der Waals surface area (Å²) in [6, 6.07) is 4.53. The van der Waals surface area contributed by atoms with Gasteiger partial charge in [-0.2, -0.15) is 0 Å². The Kier molecular flexibility index (Phi) is 0.773. The summed E-state index contributed by atoms with van der Waals surface area (Å²) < 4.78 is 4.75. The molecule has 3 nitrogen and oxygen atoms in total. The van der Waals surface area contributed by atoms with Crippen molar-refractivity contribution in [3.63, 3.8) is 0 Å². The molecule has 0 aliphatic rings. The highest BCUT2D eigenvalue weighted by Crippen LogP contribution is 2.05. The first-order valence-electron chi connectivity index (χ1n) is 2.54. The standard InChI is InChI=1S/C6H3N2O/c1-2-6-5(7-3-1)4-8-9-6/h1,3-4H. The average Bonchev–Trinajstić information content (AvgIpc) is 2.33. The van der Waals surface area contributed by atoms with Gasteiger partial charge in [0.05, 0.1) is 6.20 Å². The summed E-state index contributed by atoms with van der Waals surface area (Å²) in [7, 11) is 0. The second kappa shape index (κ2) is 1.55. The zero-order valence-electron chi connectivity index (χ0n) is 4.53. The van der Waals surface area contributed by atoms with Crippen molar-refractivity contribution < 1.29 is 4.52 Å². The third kappa shape index (κ3) is 0.579. The van der Waals surface area contributed by atoms with Gasteiger partial charge < -0.3 is 4.52 Å². The minimum atomic E-state index is 0.609. The fraction of sp³-hybridized carbons (Fsp3) is 0. The van der Waals surface area contributed by atoms with Gasteiger partial charge in [0.25, 0.3) is 0 Å². The maximum atomic E-state index is 4.75. The van der Waals surface area contributed by atoms with E-state index in [1.54, 1.807) is 18.5 Å². The van der Waals surface area contributed by atoms with E-state index in [1.165, 1.54) is 0 Å². The highest BCUT2D eigenvalue weighted by atomic mass is 16.5. The summed E-state index contributed by atoms with van der Waals surface area (Å²) in [6.45, 7) is 0. The number of rotatable bonds is 0. The van der Waals surface area contributed by atoms with Crippen molar-refractivity contribution in [2.45, 2.75) is 0 Å². The van der Waals surface area contributed by atoms with Crippen molar-refractivity contribution in [1.29, 1.82) is 0 Å². The van der Waals surface area contributed by atoms with E-state index in [-0.39, 0.29) is 0 Å². The van der Waals surface area contributed by atoms with Crippen LogP contribution in [0.5, 0.6) is 0 Å². The van der Waals surface area contributed by atoms with Crippen LogP contribution in [0.25, 0.3) is 11.1 Å². The van der Waals surface area contributed by atoms with Crippen LogP contribution in [0.3, 0.4) is 0 Å². The number of pyridine rings is 1. The van der Waals surface area contributed by atoms with E-state index in [9.17, 15) is 0 Å². The van der Waals surface area contributed by atoms with E-state index in [4.69, 9.17) is 4.52 Å². The van der Waals surface area contributed by atoms with Gasteiger partial charge in [0.1, 0.15) is 5.52 Å². The van der Waals surface area contributed by atoms with E-state index in [2.05, 4.69) is 16.2 Å². The molecule has 0 atom stereocenters. The summed E-state index contributed by atoms with van der Waals surface area (Å²) >= 11 is 0. The van der Waals surface area contributed by atoms with Crippen molar-refractivity contribution in [2.75, 3.05) is 0 Å². The lowest BCUT2D eigenvalue weighted by molar-refractivity contribution is 0.456. The second-order valence-electron chi connectivity index (χ2n) is 1.63. The Balaban J connectivity index is 2.95. The van der Waals surface area contributed by atoms with Crippen molar-refractivity contribution >= 4 is 11.1 Å². The van der Waals surface area contributed by atoms with Crippen molar-refractivity contribution in [1.82, 2.24) is 10.1 Å². The van der Waals surface area contributed by atoms with Gasteiger partial charge in [0.2, 0.25) is 0 Å². The number of nitrogens with zero attached hydrogens (tertiary/aromatic N) is 2. The number of hydrogen-bond acceptors (Lipinski definition) is 3. The Labute approximate surface area is 51.3 Å². The average molecular weight is 119 g/mol. The fourth-order valence-corrected chi connectivity index (χ4v) is 0.657. The molecule has 0 saturated carbocycles. The molecule has 1 radical (unpaired) electrons. The SMILES string of the molecule is [c]1ccnc2cnoc12. The molecule has 0 fully saturated rings. The van der Waals surface area contributed by atoms with Crippen molar-refractivity contribution in [3.05, 3.63) is 24.5 Å². The molecule has 2 aromatic heterocycles. The van der Waals surface area contributed by atoms with Crippen LogP contribution in [0, 0.1) is 6.07 Å². The molecular formula is C6H3N2O. The molecule has 2 heterocycles. The Bertz CT molecular complexity index is 285. The van der Waals surface area contributed by atoms with Crippen LogP contribution in [0.2, 0.25) is 0 Å². The molecule has 0 N–H and O–H groups in total. The Morgan fingerprint density at radius 1 is 1.56 bits per heavy atom. The van der Waals surface area contributed by atoms with Crippen LogP contribution in [0.15, 0.2) is 23.0 Å². The number of fused-ring (bicyclic) bond motifs is 1. The minimum Gasteiger partial charge on any atom is -0.354 e. The molecule has 43 valence electrons. The molecule has 0 amide bonds. The molecule has 2 rings (SSSR count). The molecule has 2 aromatic rings. The van der Waals surface area contributed by atoms with Gasteiger partial charge >= 0.3 is 0 Å². The van der Waals surface area contributed by atoms with E-state index >= 15 is 0 Å². The maximum absolute atomic E-state index is 4.75. The second-order valence-corrected chi connectivity index (χ2v) is 1.63. The molecule has 0 aliphatic heterocycles. The quantitative estimate of drug-likeness (QED) is 0.519. The molecule has 0 bridgehead atoms. The number of hydrogen-bond donors (Lipinski definition) is 0. The fourth-order valence-electron chi connectivity index (χ4n) is 0.657. The van der Waals surface area contributed by atoms with Crippen LogP contribution < -0.4 is 0 Å². The van der Waals surface area contributed by atoms with Gasteiger partial charge in [-0.05, 0) is 6.07 Å². The van der Waals surface area contributed by atoms with Gasteiger partial charge in [0.15, 0.2) is 5.58 Å². The predicted molar refractivity (Wildman–Crippen MR) is 30.6 cm³/mol. The van der Waals surface area contributed by atoms with Crippen LogP contribution in [-0.2, 0) is 0 Å². The topological polar surface area (TPSA) is 38.9 Å². The van der Waals surface area contributed by atoms with Crippen LogP contribution in [-0.4, -0.2) is 10.1 Å². The molecule has 0 spiro atoms. The normalized spacial score (nSPS) is 10.2. The summed E-state index contributed by atoms with van der Waals surface area (Å²) in [5.41, 5.74) is 1.36. The first-order chi connectivity index (χ1) is 4.47. The highest BCUT2D eigenvalue weighted by Gasteiger charge is 1.93. The molecule has 0 aliphatic carbocycles. The monoisotopic (exact) mass is 119 g/mol. The Morgan fingerprint density at radius 3 is 3.44 bits per heavy atom. The molecule has 0 unspecified atom stereocenters. The summed E-state index contributed by atoms with van der Waals surface area (Å²) in [6.07, 6.45) is 3.21. The minimum absolute atomic E-state index is 0.609. The largest absolute Gasteiger partial charge is 0.354 e. The molecular weight excluding hydrogens is 116 g/mol.